The summed E-state index contributed by atoms with van der Waals surface area (Å²) in [5.74, 6) is 0.119. The number of hydrogen-bond donors (Lipinski definition) is 0. The molecule has 0 radical (unpaired) electrons. The molecule has 2 rings (SSSR count). The number of thioether (sulfide) groups is 1. The smallest absolute Gasteiger partial charge is 0.202 e. The Hall–Kier alpha value is -1.06. The van der Waals surface area contributed by atoms with Gasteiger partial charge in [0.1, 0.15) is 0 Å². The van der Waals surface area contributed by atoms with Gasteiger partial charge in [-0.3, -0.25) is 4.79 Å². The first-order chi connectivity index (χ1) is 8.91. The summed E-state index contributed by atoms with van der Waals surface area (Å²) in [6.07, 6.45) is 2.03. The maximum atomic E-state index is 12.4. The van der Waals surface area contributed by atoms with Gasteiger partial charge >= 0.3 is 0 Å². The van der Waals surface area contributed by atoms with Crippen molar-refractivity contribution in [1.29, 1.82) is 0 Å². The van der Waals surface area contributed by atoms with Gasteiger partial charge in [-0.25, -0.2) is 0 Å². The van der Waals surface area contributed by atoms with Gasteiger partial charge in [-0.2, -0.15) is 0 Å². The predicted molar refractivity (Wildman–Crippen MR) is 84.7 cm³/mol. The molecule has 0 saturated heterocycles. The van der Waals surface area contributed by atoms with Crippen LogP contribution in [0, 0.1) is 0 Å². The number of ketones is 1. The second-order valence-corrected chi connectivity index (χ2v) is 7.43. The van der Waals surface area contributed by atoms with Crippen LogP contribution in [0.15, 0.2) is 41.3 Å². The number of thiophene rings is 1. The highest BCUT2D eigenvalue weighted by atomic mass is 32.2. The third-order valence-corrected chi connectivity index (χ3v) is 5.17. The third kappa shape index (κ3) is 3.28. The van der Waals surface area contributed by atoms with Crippen molar-refractivity contribution in [2.24, 2.45) is 0 Å². The highest BCUT2D eigenvalue weighted by Crippen LogP contribution is 2.30. The molecule has 100 valence electrons. The summed E-state index contributed by atoms with van der Waals surface area (Å²) in [6.45, 7) is 6.50. The van der Waals surface area contributed by atoms with Gasteiger partial charge in [0.05, 0.1) is 4.88 Å². The van der Waals surface area contributed by atoms with E-state index in [0.29, 0.717) is 0 Å². The van der Waals surface area contributed by atoms with Gasteiger partial charge < -0.3 is 0 Å². The van der Waals surface area contributed by atoms with Crippen molar-refractivity contribution in [3.05, 3.63) is 51.7 Å². The second-order valence-electron chi connectivity index (χ2n) is 5.47. The van der Waals surface area contributed by atoms with Crippen LogP contribution in [0.1, 0.15) is 40.9 Å². The van der Waals surface area contributed by atoms with Crippen molar-refractivity contribution < 1.29 is 4.79 Å². The number of hydrogen-bond acceptors (Lipinski definition) is 3. The number of benzene rings is 1. The Morgan fingerprint density at radius 2 is 1.68 bits per heavy atom. The van der Waals surface area contributed by atoms with E-state index in [9.17, 15) is 4.79 Å². The number of rotatable bonds is 3. The highest BCUT2D eigenvalue weighted by Gasteiger charge is 2.19. The minimum Gasteiger partial charge on any atom is -0.288 e. The normalized spacial score (nSPS) is 11.6. The Balaban J connectivity index is 2.26. The minimum absolute atomic E-state index is 0.103. The lowest BCUT2D eigenvalue weighted by atomic mass is 9.95. The number of carbonyl (C=O) groups excluding carboxylic acids is 1. The van der Waals surface area contributed by atoms with Crippen LogP contribution in [0.4, 0.5) is 0 Å². The molecule has 1 aromatic carbocycles. The Labute approximate surface area is 123 Å². The summed E-state index contributed by atoms with van der Waals surface area (Å²) in [7, 11) is 0. The first-order valence-corrected chi connectivity index (χ1v) is 8.25. The van der Waals surface area contributed by atoms with Gasteiger partial charge in [-0.1, -0.05) is 20.8 Å². The van der Waals surface area contributed by atoms with Crippen LogP contribution in [0.5, 0.6) is 0 Å². The highest BCUT2D eigenvalue weighted by molar-refractivity contribution is 7.98. The summed E-state index contributed by atoms with van der Waals surface area (Å²) < 4.78 is 0. The summed E-state index contributed by atoms with van der Waals surface area (Å²) in [5, 5.41) is 0. The molecule has 1 aromatic heterocycles. The topological polar surface area (TPSA) is 17.1 Å². The van der Waals surface area contributed by atoms with Gasteiger partial charge in [0.25, 0.3) is 0 Å². The molecule has 0 unspecified atom stereocenters. The van der Waals surface area contributed by atoms with Crippen molar-refractivity contribution in [3.8, 4) is 0 Å². The lowest BCUT2D eigenvalue weighted by Gasteiger charge is -2.15. The van der Waals surface area contributed by atoms with Crippen molar-refractivity contribution in [1.82, 2.24) is 0 Å². The quantitative estimate of drug-likeness (QED) is 0.584. The molecule has 0 saturated carbocycles. The van der Waals surface area contributed by atoms with Crippen LogP contribution in [0.2, 0.25) is 0 Å². The molecule has 19 heavy (non-hydrogen) atoms. The zero-order valence-corrected chi connectivity index (χ0v) is 13.3. The second kappa shape index (κ2) is 5.51. The lowest BCUT2D eigenvalue weighted by Crippen LogP contribution is -2.07. The van der Waals surface area contributed by atoms with E-state index in [-0.39, 0.29) is 11.2 Å². The van der Waals surface area contributed by atoms with Crippen molar-refractivity contribution in [3.63, 3.8) is 0 Å². The molecule has 0 fully saturated rings. The summed E-state index contributed by atoms with van der Waals surface area (Å²) >= 11 is 3.28. The van der Waals surface area contributed by atoms with E-state index in [4.69, 9.17) is 0 Å². The van der Waals surface area contributed by atoms with Gasteiger partial charge in [-0.15, -0.1) is 23.1 Å². The molecule has 0 bridgehead atoms. The van der Waals surface area contributed by atoms with E-state index in [2.05, 4.69) is 26.8 Å². The van der Waals surface area contributed by atoms with Crippen LogP contribution in [-0.4, -0.2) is 12.0 Å². The fraction of sp³-hybridized carbons (Fsp3) is 0.312. The zero-order chi connectivity index (χ0) is 14.0. The minimum atomic E-state index is 0.103. The molecular weight excluding hydrogens is 272 g/mol. The largest absolute Gasteiger partial charge is 0.288 e. The molecule has 0 amide bonds. The van der Waals surface area contributed by atoms with E-state index in [1.165, 1.54) is 9.77 Å². The molecule has 0 atom stereocenters. The van der Waals surface area contributed by atoms with E-state index in [0.717, 1.165) is 10.4 Å². The van der Waals surface area contributed by atoms with Crippen LogP contribution in [-0.2, 0) is 5.41 Å². The van der Waals surface area contributed by atoms with E-state index in [1.54, 1.807) is 23.1 Å². The molecule has 2 aromatic rings. The average Bonchev–Trinajstić information content (AvgIpc) is 2.87. The van der Waals surface area contributed by atoms with Gasteiger partial charge in [0, 0.05) is 15.3 Å². The summed E-state index contributed by atoms with van der Waals surface area (Å²) in [5.41, 5.74) is 0.867. The van der Waals surface area contributed by atoms with E-state index < -0.39 is 0 Å². The monoisotopic (exact) mass is 290 g/mol. The Morgan fingerprint density at radius 1 is 1.05 bits per heavy atom. The van der Waals surface area contributed by atoms with Gasteiger partial charge in [-0.05, 0) is 48.1 Å². The molecule has 0 aliphatic carbocycles. The average molecular weight is 290 g/mol. The molecule has 1 heterocycles. The van der Waals surface area contributed by atoms with Gasteiger partial charge in [0.2, 0.25) is 5.78 Å². The number of carbonyl (C=O) groups is 1. The fourth-order valence-corrected chi connectivity index (χ4v) is 3.18. The molecule has 0 N–H and O–H groups in total. The summed E-state index contributed by atoms with van der Waals surface area (Å²) in [6, 6.07) is 11.8. The lowest BCUT2D eigenvalue weighted by molar-refractivity contribution is 0.104. The molecule has 1 nitrogen and oxygen atoms in total. The molecule has 0 aliphatic heterocycles. The van der Waals surface area contributed by atoms with Gasteiger partial charge in [0.15, 0.2) is 0 Å². The predicted octanol–water partition coefficient (Wildman–Crippen LogP) is 5.00. The standard InChI is InChI=1S/C16H18OS2/c1-16(2,3)14-10-9-13(19-14)15(17)11-5-7-12(18-4)8-6-11/h5-10H,1-4H3. The molecular formula is C16H18OS2. The van der Waals surface area contributed by atoms with Crippen LogP contribution >= 0.6 is 23.1 Å². The first-order valence-electron chi connectivity index (χ1n) is 6.21. The van der Waals surface area contributed by atoms with E-state index in [1.807, 2.05) is 36.6 Å². The Morgan fingerprint density at radius 3 is 2.16 bits per heavy atom. The molecule has 0 spiro atoms. The summed E-state index contributed by atoms with van der Waals surface area (Å²) in [4.78, 5) is 15.6. The molecule has 0 aliphatic rings. The van der Waals surface area contributed by atoms with Crippen LogP contribution in [0.25, 0.3) is 0 Å². The maximum absolute atomic E-state index is 12.4. The van der Waals surface area contributed by atoms with E-state index >= 15 is 0 Å². The zero-order valence-electron chi connectivity index (χ0n) is 11.7. The fourth-order valence-electron chi connectivity index (χ4n) is 1.75. The van der Waals surface area contributed by atoms with Crippen molar-refractivity contribution in [2.45, 2.75) is 31.1 Å². The first kappa shape index (κ1) is 14.4. The Bertz CT molecular complexity index is 574. The molecule has 3 heteroatoms. The van der Waals surface area contributed by atoms with Crippen molar-refractivity contribution >= 4 is 28.9 Å². The van der Waals surface area contributed by atoms with Crippen LogP contribution < -0.4 is 0 Å². The van der Waals surface area contributed by atoms with Crippen LogP contribution in [0.3, 0.4) is 0 Å². The Kier molecular flexibility index (Phi) is 4.16. The third-order valence-electron chi connectivity index (χ3n) is 2.92. The van der Waals surface area contributed by atoms with Crippen molar-refractivity contribution in [2.75, 3.05) is 6.26 Å². The SMILES string of the molecule is CSc1ccc(C(=O)c2ccc(C(C)(C)C)s2)cc1. The maximum Gasteiger partial charge on any atom is 0.202 e.